The summed E-state index contributed by atoms with van der Waals surface area (Å²) in [5.74, 6) is 0.414. The van der Waals surface area contributed by atoms with Crippen molar-refractivity contribution >= 4 is 28.3 Å². The van der Waals surface area contributed by atoms with Gasteiger partial charge in [0.15, 0.2) is 16.6 Å². The molecule has 2 aromatic heterocycles. The summed E-state index contributed by atoms with van der Waals surface area (Å²) in [6.07, 6.45) is 1.35. The molecule has 3 aromatic rings. The van der Waals surface area contributed by atoms with E-state index in [2.05, 4.69) is 15.3 Å². The van der Waals surface area contributed by atoms with Crippen molar-refractivity contribution in [1.29, 1.82) is 0 Å². The van der Waals surface area contributed by atoms with Gasteiger partial charge in [0.2, 0.25) is 12.7 Å². The average molecular weight is 442 g/mol. The Morgan fingerprint density at radius 3 is 2.90 bits per heavy atom. The highest BCUT2D eigenvalue weighted by molar-refractivity contribution is 7.13. The summed E-state index contributed by atoms with van der Waals surface area (Å²) in [6, 6.07) is 6.63. The first-order valence-electron chi connectivity index (χ1n) is 9.38. The first-order chi connectivity index (χ1) is 15.0. The topological polar surface area (TPSA) is 122 Å². The molecule has 0 saturated carbocycles. The van der Waals surface area contributed by atoms with Crippen LogP contribution in [-0.2, 0) is 27.3 Å². The van der Waals surface area contributed by atoms with Crippen LogP contribution in [0, 0.1) is 0 Å². The second-order valence-electron chi connectivity index (χ2n) is 6.48. The number of carbonyl (C=O) groups excluding carboxylic acids is 2. The number of nitrogens with one attached hydrogen (secondary N) is 1. The van der Waals surface area contributed by atoms with Crippen LogP contribution in [0.5, 0.6) is 11.5 Å². The molecule has 1 aliphatic rings. The van der Waals surface area contributed by atoms with Gasteiger partial charge in [0.25, 0.3) is 5.56 Å². The number of anilines is 1. The van der Waals surface area contributed by atoms with E-state index in [1.807, 2.05) is 0 Å². The third-order valence-corrected chi connectivity index (χ3v) is 5.10. The highest BCUT2D eigenvalue weighted by Crippen LogP contribution is 2.35. The molecule has 0 fully saturated rings. The summed E-state index contributed by atoms with van der Waals surface area (Å²) in [4.78, 5) is 44.7. The van der Waals surface area contributed by atoms with Crippen LogP contribution in [0.15, 0.2) is 40.8 Å². The molecule has 0 saturated heterocycles. The van der Waals surface area contributed by atoms with Gasteiger partial charge in [0.1, 0.15) is 6.54 Å². The molecular formula is C20H18N4O6S. The Hall–Kier alpha value is -3.73. The minimum atomic E-state index is -0.434. The normalized spacial score (nSPS) is 11.9. The number of fused-ring (bicyclic) bond motifs is 1. The lowest BCUT2D eigenvalue weighted by molar-refractivity contribution is -0.142. The standard InChI is InChI=1S/C20H18N4O6S/c1-2-28-19(27)6-13-9-31-20(22-13)23-17(25)8-24-10-21-14(7-18(24)26)12-3-4-15-16(5-12)30-11-29-15/h3-5,7,9-10H,2,6,8,11H2,1H3,(H,22,23,25). The first-order valence-corrected chi connectivity index (χ1v) is 10.3. The fourth-order valence-electron chi connectivity index (χ4n) is 2.88. The number of hydrogen-bond donors (Lipinski definition) is 1. The molecule has 31 heavy (non-hydrogen) atoms. The number of rotatable bonds is 7. The Morgan fingerprint density at radius 1 is 1.26 bits per heavy atom. The van der Waals surface area contributed by atoms with E-state index < -0.39 is 5.91 Å². The van der Waals surface area contributed by atoms with E-state index in [-0.39, 0.29) is 31.3 Å². The van der Waals surface area contributed by atoms with E-state index in [9.17, 15) is 14.4 Å². The predicted octanol–water partition coefficient (Wildman–Crippen LogP) is 1.84. The lowest BCUT2D eigenvalue weighted by atomic mass is 10.1. The van der Waals surface area contributed by atoms with Gasteiger partial charge in [-0.2, -0.15) is 0 Å². The molecule has 4 rings (SSSR count). The second-order valence-corrected chi connectivity index (χ2v) is 7.34. The van der Waals surface area contributed by atoms with Crippen molar-refractivity contribution < 1.29 is 23.8 Å². The maximum absolute atomic E-state index is 12.4. The van der Waals surface area contributed by atoms with Crippen LogP contribution in [0.3, 0.4) is 0 Å². The van der Waals surface area contributed by atoms with Gasteiger partial charge in [-0.15, -0.1) is 11.3 Å². The van der Waals surface area contributed by atoms with Gasteiger partial charge in [-0.05, 0) is 25.1 Å². The molecule has 11 heteroatoms. The van der Waals surface area contributed by atoms with Crippen molar-refractivity contribution in [1.82, 2.24) is 14.5 Å². The number of carbonyl (C=O) groups is 2. The zero-order valence-corrected chi connectivity index (χ0v) is 17.3. The quantitative estimate of drug-likeness (QED) is 0.550. The van der Waals surface area contributed by atoms with Gasteiger partial charge in [-0.3, -0.25) is 19.0 Å². The number of hydrogen-bond acceptors (Lipinski definition) is 9. The number of benzene rings is 1. The molecule has 1 N–H and O–H groups in total. The Bertz CT molecular complexity index is 1190. The summed E-state index contributed by atoms with van der Waals surface area (Å²) in [6.45, 7) is 1.96. The zero-order chi connectivity index (χ0) is 21.8. The van der Waals surface area contributed by atoms with Crippen LogP contribution in [0.2, 0.25) is 0 Å². The van der Waals surface area contributed by atoms with E-state index in [4.69, 9.17) is 14.2 Å². The molecule has 160 valence electrons. The Morgan fingerprint density at radius 2 is 2.10 bits per heavy atom. The summed E-state index contributed by atoms with van der Waals surface area (Å²) < 4.78 is 16.7. The largest absolute Gasteiger partial charge is 0.466 e. The van der Waals surface area contributed by atoms with Gasteiger partial charge in [0, 0.05) is 17.0 Å². The predicted molar refractivity (Wildman–Crippen MR) is 111 cm³/mol. The number of nitrogens with zero attached hydrogens (tertiary/aromatic N) is 3. The fourth-order valence-corrected chi connectivity index (χ4v) is 3.60. The molecule has 1 amide bonds. The molecule has 0 unspecified atom stereocenters. The summed E-state index contributed by atoms with van der Waals surface area (Å²) in [5, 5.41) is 4.62. The lowest BCUT2D eigenvalue weighted by Crippen LogP contribution is -2.27. The van der Waals surface area contributed by atoms with Crippen LogP contribution in [0.4, 0.5) is 5.13 Å². The number of ether oxygens (including phenoxy) is 3. The number of esters is 1. The van der Waals surface area contributed by atoms with Crippen LogP contribution < -0.4 is 20.3 Å². The molecule has 10 nitrogen and oxygen atoms in total. The van der Waals surface area contributed by atoms with Crippen molar-refractivity contribution in [2.45, 2.75) is 19.9 Å². The fraction of sp³-hybridized carbons (Fsp3) is 0.250. The number of thiazole rings is 1. The highest BCUT2D eigenvalue weighted by atomic mass is 32.1. The zero-order valence-electron chi connectivity index (χ0n) is 16.5. The van der Waals surface area contributed by atoms with Gasteiger partial charge in [0.05, 0.1) is 30.7 Å². The summed E-state index contributed by atoms with van der Waals surface area (Å²) in [7, 11) is 0. The van der Waals surface area contributed by atoms with E-state index >= 15 is 0 Å². The van der Waals surface area contributed by atoms with E-state index in [0.29, 0.717) is 40.2 Å². The second kappa shape index (κ2) is 8.96. The molecule has 1 aromatic carbocycles. The highest BCUT2D eigenvalue weighted by Gasteiger charge is 2.15. The minimum Gasteiger partial charge on any atom is -0.466 e. The average Bonchev–Trinajstić information content (AvgIpc) is 3.38. The van der Waals surface area contributed by atoms with Crippen LogP contribution >= 0.6 is 11.3 Å². The maximum Gasteiger partial charge on any atom is 0.311 e. The summed E-state index contributed by atoms with van der Waals surface area (Å²) >= 11 is 1.19. The number of amides is 1. The molecule has 0 bridgehead atoms. The van der Waals surface area contributed by atoms with Crippen LogP contribution in [-0.4, -0.2) is 39.8 Å². The molecule has 0 aliphatic carbocycles. The van der Waals surface area contributed by atoms with E-state index in [0.717, 1.165) is 0 Å². The van der Waals surface area contributed by atoms with Gasteiger partial charge < -0.3 is 19.5 Å². The van der Waals surface area contributed by atoms with Crippen LogP contribution in [0.25, 0.3) is 11.3 Å². The van der Waals surface area contributed by atoms with Crippen molar-refractivity contribution in [3.8, 4) is 22.8 Å². The van der Waals surface area contributed by atoms with Gasteiger partial charge in [-0.1, -0.05) is 0 Å². The SMILES string of the molecule is CCOC(=O)Cc1csc(NC(=O)Cn2cnc(-c3ccc4c(c3)OCO4)cc2=O)n1. The van der Waals surface area contributed by atoms with Crippen molar-refractivity contribution in [2.24, 2.45) is 0 Å². The van der Waals surface area contributed by atoms with Gasteiger partial charge >= 0.3 is 5.97 Å². The third kappa shape index (κ3) is 4.89. The minimum absolute atomic E-state index is 0.0326. The van der Waals surface area contributed by atoms with Crippen molar-refractivity contribution in [3.05, 3.63) is 52.0 Å². The molecule has 0 spiro atoms. The molecular weight excluding hydrogens is 424 g/mol. The van der Waals surface area contributed by atoms with Crippen molar-refractivity contribution in [3.63, 3.8) is 0 Å². The van der Waals surface area contributed by atoms with E-state index in [1.165, 1.54) is 28.3 Å². The lowest BCUT2D eigenvalue weighted by Gasteiger charge is -2.07. The first kappa shape index (κ1) is 20.5. The molecule has 0 atom stereocenters. The maximum atomic E-state index is 12.4. The van der Waals surface area contributed by atoms with Crippen molar-refractivity contribution in [2.75, 3.05) is 18.7 Å². The molecule has 3 heterocycles. The van der Waals surface area contributed by atoms with E-state index in [1.54, 1.807) is 30.5 Å². The van der Waals surface area contributed by atoms with Crippen LogP contribution in [0.1, 0.15) is 12.6 Å². The third-order valence-electron chi connectivity index (χ3n) is 4.29. The Labute approximate surface area is 180 Å². The Kier molecular flexibility index (Phi) is 5.94. The Balaban J connectivity index is 1.39. The summed E-state index contributed by atoms with van der Waals surface area (Å²) in [5.41, 5.74) is 1.30. The van der Waals surface area contributed by atoms with Gasteiger partial charge in [-0.25, -0.2) is 9.97 Å². The molecule has 0 radical (unpaired) electrons. The number of aromatic nitrogens is 3. The molecule has 1 aliphatic heterocycles. The smallest absolute Gasteiger partial charge is 0.311 e. The monoisotopic (exact) mass is 442 g/mol.